The third kappa shape index (κ3) is 11.9. The maximum Gasteiger partial charge on any atom is 0.572 e. The van der Waals surface area contributed by atoms with Gasteiger partial charge in [0.15, 0.2) is 0 Å². The van der Waals surface area contributed by atoms with Crippen LogP contribution in [0.2, 0.25) is 0 Å². The van der Waals surface area contributed by atoms with E-state index in [9.17, 15) is 21.6 Å². The van der Waals surface area contributed by atoms with Crippen molar-refractivity contribution in [3.05, 3.63) is 60.7 Å². The molecule has 2 aromatic rings. The fourth-order valence-corrected chi connectivity index (χ4v) is 10.1. The SMILES string of the molecule is CCCCCCCCCCCCCCCCCCS([OH+]S(=O)(=O)C(F)(F)F)(c1ccccc1)c1ccccc1. The number of hydrogen-bond donors (Lipinski definition) is 0. The van der Waals surface area contributed by atoms with Crippen molar-refractivity contribution in [2.45, 2.75) is 125 Å². The van der Waals surface area contributed by atoms with Crippen molar-refractivity contribution in [3.63, 3.8) is 0 Å². The predicted molar refractivity (Wildman–Crippen MR) is 159 cm³/mol. The summed E-state index contributed by atoms with van der Waals surface area (Å²) in [6.07, 6.45) is 19.3. The van der Waals surface area contributed by atoms with Gasteiger partial charge in [-0.1, -0.05) is 140 Å². The maximum atomic E-state index is 13.5. The minimum absolute atomic E-state index is 0.273. The highest BCUT2D eigenvalue weighted by atomic mass is 32.3. The molecular formula is C31H48F3O3S2+. The standard InChI is InChI=1S/C31H47F3O3S2/c1-2-3-4-5-6-7-8-9-10-11-12-13-14-15-16-23-28-38(29-24-19-17-20-25-29,30-26-21-18-22-27-30)37-39(35,36)31(32,33)34/h17-22,24-27H,2-16,23,28H2,1H3/p+1. The number of benzene rings is 2. The summed E-state index contributed by atoms with van der Waals surface area (Å²) in [4.78, 5) is 1.06. The van der Waals surface area contributed by atoms with E-state index in [4.69, 9.17) is 0 Å². The zero-order valence-corrected chi connectivity index (χ0v) is 25.1. The van der Waals surface area contributed by atoms with Crippen molar-refractivity contribution >= 4 is 20.4 Å². The molecule has 0 aliphatic heterocycles. The summed E-state index contributed by atoms with van der Waals surface area (Å²) in [5.41, 5.74) is -5.43. The molecule has 0 aliphatic rings. The maximum absolute atomic E-state index is 13.5. The van der Waals surface area contributed by atoms with E-state index in [2.05, 4.69) is 10.6 Å². The molecule has 0 bridgehead atoms. The molecule has 0 fully saturated rings. The molecule has 0 aromatic heterocycles. The number of alkyl halides is 3. The van der Waals surface area contributed by atoms with Gasteiger partial charge in [-0.25, -0.2) is 0 Å². The summed E-state index contributed by atoms with van der Waals surface area (Å²) in [7, 11) is -8.46. The first-order chi connectivity index (χ1) is 18.7. The third-order valence-electron chi connectivity index (χ3n) is 7.08. The van der Waals surface area contributed by atoms with Gasteiger partial charge in [0, 0.05) is 16.1 Å². The zero-order valence-electron chi connectivity index (χ0n) is 23.5. The van der Waals surface area contributed by atoms with E-state index in [0.29, 0.717) is 16.2 Å². The van der Waals surface area contributed by atoms with Crippen LogP contribution in [0, 0.1) is 0 Å². The summed E-state index contributed by atoms with van der Waals surface area (Å²) in [6.45, 7) is 2.25. The Morgan fingerprint density at radius 2 is 0.897 bits per heavy atom. The third-order valence-corrected chi connectivity index (χ3v) is 12.4. The van der Waals surface area contributed by atoms with E-state index >= 15 is 0 Å². The first-order valence-corrected chi connectivity index (χ1v) is 17.9. The van der Waals surface area contributed by atoms with Gasteiger partial charge in [0.25, 0.3) is 0 Å². The Balaban J connectivity index is 1.84. The van der Waals surface area contributed by atoms with Gasteiger partial charge >= 0.3 is 15.6 Å². The van der Waals surface area contributed by atoms with Crippen LogP contribution < -0.4 is 0 Å². The van der Waals surface area contributed by atoms with Gasteiger partial charge in [0.2, 0.25) is 0 Å². The number of hydrogen-bond acceptors (Lipinski definition) is 2. The van der Waals surface area contributed by atoms with Crippen molar-refractivity contribution < 1.29 is 25.2 Å². The van der Waals surface area contributed by atoms with E-state index in [0.717, 1.165) is 19.3 Å². The van der Waals surface area contributed by atoms with E-state index in [1.807, 2.05) is 0 Å². The summed E-state index contributed by atoms with van der Waals surface area (Å²) >= 11 is 0. The highest BCUT2D eigenvalue weighted by Crippen LogP contribution is 2.63. The van der Waals surface area contributed by atoms with Crippen molar-refractivity contribution in [2.75, 3.05) is 5.75 Å². The van der Waals surface area contributed by atoms with Gasteiger partial charge in [-0.15, -0.1) is 8.42 Å². The molecule has 0 unspecified atom stereocenters. The van der Waals surface area contributed by atoms with Crippen LogP contribution in [0.1, 0.15) is 110 Å². The predicted octanol–water partition coefficient (Wildman–Crippen LogP) is 11.0. The van der Waals surface area contributed by atoms with Crippen molar-refractivity contribution in [1.82, 2.24) is 0 Å². The molecule has 3 nitrogen and oxygen atoms in total. The molecule has 0 atom stereocenters. The lowest BCUT2D eigenvalue weighted by atomic mass is 10.0. The Morgan fingerprint density at radius 3 is 1.23 bits per heavy atom. The van der Waals surface area contributed by atoms with Gasteiger partial charge < -0.3 is 0 Å². The fraction of sp³-hybridized carbons (Fsp3) is 0.613. The topological polar surface area (TPSA) is 46.9 Å². The Hall–Kier alpha value is -1.51. The molecule has 0 saturated carbocycles. The monoisotopic (exact) mass is 589 g/mol. The minimum atomic E-state index is -5.66. The number of rotatable bonds is 21. The van der Waals surface area contributed by atoms with Crippen LogP contribution in [0.25, 0.3) is 0 Å². The second-order valence-corrected chi connectivity index (χ2v) is 15.1. The molecule has 0 amide bonds. The Labute approximate surface area is 236 Å². The molecule has 0 spiro atoms. The van der Waals surface area contributed by atoms with Gasteiger partial charge in [0.1, 0.15) is 0 Å². The van der Waals surface area contributed by atoms with Gasteiger partial charge in [-0.3, -0.25) is 3.63 Å². The lowest BCUT2D eigenvalue weighted by Gasteiger charge is -2.34. The lowest BCUT2D eigenvalue weighted by molar-refractivity contribution is -0.0540. The fourth-order valence-electron chi connectivity index (χ4n) is 4.86. The minimum Gasteiger partial charge on any atom is -0.258 e. The molecule has 0 radical (unpaired) electrons. The Morgan fingerprint density at radius 1 is 0.564 bits per heavy atom. The molecule has 0 aliphatic carbocycles. The van der Waals surface area contributed by atoms with Gasteiger partial charge in [0.05, 0.1) is 9.79 Å². The van der Waals surface area contributed by atoms with Crippen molar-refractivity contribution in [2.24, 2.45) is 0 Å². The summed E-state index contributed by atoms with van der Waals surface area (Å²) in [5.74, 6) is 0.273. The average molecular weight is 590 g/mol. The van der Waals surface area contributed by atoms with E-state index in [1.54, 1.807) is 60.7 Å². The highest BCUT2D eigenvalue weighted by molar-refractivity contribution is 8.32. The summed E-state index contributed by atoms with van der Waals surface area (Å²) in [5, 5.41) is 0. The summed E-state index contributed by atoms with van der Waals surface area (Å²) < 4.78 is 68.7. The van der Waals surface area contributed by atoms with E-state index in [1.165, 1.54) is 77.0 Å². The van der Waals surface area contributed by atoms with Crippen LogP contribution in [0.4, 0.5) is 13.2 Å². The second kappa shape index (κ2) is 18.0. The smallest absolute Gasteiger partial charge is 0.258 e. The molecule has 222 valence electrons. The quantitative estimate of drug-likeness (QED) is 0.0629. The molecule has 0 saturated heterocycles. The normalized spacial score (nSPS) is 13.0. The first-order valence-electron chi connectivity index (χ1n) is 14.7. The van der Waals surface area contributed by atoms with Gasteiger partial charge in [-0.2, -0.15) is 13.2 Å². The van der Waals surface area contributed by atoms with Crippen molar-refractivity contribution in [1.29, 1.82) is 0 Å². The van der Waals surface area contributed by atoms with Gasteiger partial charge in [-0.05, 0) is 30.7 Å². The van der Waals surface area contributed by atoms with Crippen LogP contribution >= 0.6 is 10.3 Å². The average Bonchev–Trinajstić information content (AvgIpc) is 2.92. The van der Waals surface area contributed by atoms with E-state index < -0.39 is 25.9 Å². The van der Waals surface area contributed by atoms with Crippen LogP contribution in [0.15, 0.2) is 70.5 Å². The summed E-state index contributed by atoms with van der Waals surface area (Å²) in [6, 6.07) is 17.2. The molecule has 39 heavy (non-hydrogen) atoms. The zero-order chi connectivity index (χ0) is 28.5. The Bertz CT molecular complexity index is 957. The van der Waals surface area contributed by atoms with Crippen LogP contribution in [0.3, 0.4) is 0 Å². The molecular weight excluding hydrogens is 541 g/mol. The Kier molecular flexibility index (Phi) is 15.6. The van der Waals surface area contributed by atoms with Crippen LogP contribution in [-0.4, -0.2) is 23.3 Å². The molecule has 1 N–H and O–H groups in total. The first kappa shape index (κ1) is 33.7. The molecule has 2 rings (SSSR count). The van der Waals surface area contributed by atoms with Crippen LogP contribution in [0.5, 0.6) is 0 Å². The number of unbranched alkanes of at least 4 members (excludes halogenated alkanes) is 15. The largest absolute Gasteiger partial charge is 0.572 e. The molecule has 2 aromatic carbocycles. The van der Waals surface area contributed by atoms with Crippen molar-refractivity contribution in [3.8, 4) is 0 Å². The van der Waals surface area contributed by atoms with Crippen LogP contribution in [-0.2, 0) is 10.1 Å². The second-order valence-electron chi connectivity index (χ2n) is 10.3. The highest BCUT2D eigenvalue weighted by Gasteiger charge is 2.57. The lowest BCUT2D eigenvalue weighted by Crippen LogP contribution is -2.31. The number of halogens is 3. The van der Waals surface area contributed by atoms with E-state index in [-0.39, 0.29) is 5.75 Å². The molecule has 8 heteroatoms. The molecule has 0 heterocycles.